The van der Waals surface area contributed by atoms with Gasteiger partial charge >= 0.3 is 0 Å². The minimum atomic E-state index is -0.140. The second kappa shape index (κ2) is 7.70. The predicted molar refractivity (Wildman–Crippen MR) is 101 cm³/mol. The topological polar surface area (TPSA) is 70.2 Å². The third kappa shape index (κ3) is 4.38. The van der Waals surface area contributed by atoms with Crippen LogP contribution in [0.25, 0.3) is 11.4 Å². The fourth-order valence-electron chi connectivity index (χ4n) is 3.10. The number of nitrogens with one attached hydrogen (secondary N) is 2. The first-order chi connectivity index (χ1) is 12.7. The summed E-state index contributed by atoms with van der Waals surface area (Å²) in [5.41, 5.74) is 1.99. The molecule has 1 aromatic carbocycles. The fraction of sp³-hybridized carbons (Fsp3) is 0.421. The summed E-state index contributed by atoms with van der Waals surface area (Å²) < 4.78 is 0. The zero-order chi connectivity index (χ0) is 17.9. The van der Waals surface area contributed by atoms with E-state index in [4.69, 9.17) is 11.6 Å². The van der Waals surface area contributed by atoms with Crippen LogP contribution in [0.15, 0.2) is 36.7 Å². The zero-order valence-electron chi connectivity index (χ0n) is 14.5. The number of aromatic nitrogens is 2. The van der Waals surface area contributed by atoms with Gasteiger partial charge in [0.25, 0.3) is 0 Å². The van der Waals surface area contributed by atoms with E-state index in [1.165, 1.54) is 0 Å². The van der Waals surface area contributed by atoms with Gasteiger partial charge in [-0.05, 0) is 37.1 Å². The summed E-state index contributed by atoms with van der Waals surface area (Å²) in [4.78, 5) is 23.4. The molecule has 6 nitrogen and oxygen atoms in total. The van der Waals surface area contributed by atoms with Crippen molar-refractivity contribution >= 4 is 17.5 Å². The molecule has 26 heavy (non-hydrogen) atoms. The molecule has 136 valence electrons. The predicted octanol–water partition coefficient (Wildman–Crippen LogP) is 1.85. The second-order valence-electron chi connectivity index (χ2n) is 6.95. The summed E-state index contributed by atoms with van der Waals surface area (Å²) in [5, 5.41) is 7.08. The summed E-state index contributed by atoms with van der Waals surface area (Å²) in [5.74, 6) is 0.805. The molecule has 1 amide bonds. The Hall–Kier alpha value is -2.02. The Balaban J connectivity index is 1.35. The highest BCUT2D eigenvalue weighted by molar-refractivity contribution is 6.30. The number of hydrogen-bond donors (Lipinski definition) is 2. The molecule has 1 aliphatic heterocycles. The number of benzene rings is 1. The smallest absolute Gasteiger partial charge is 0.238 e. The molecule has 1 saturated heterocycles. The van der Waals surface area contributed by atoms with E-state index < -0.39 is 0 Å². The summed E-state index contributed by atoms with van der Waals surface area (Å²) in [7, 11) is 0. The van der Waals surface area contributed by atoms with Gasteiger partial charge in [-0.2, -0.15) is 0 Å². The largest absolute Gasteiger partial charge is 0.352 e. The molecule has 1 saturated carbocycles. The Morgan fingerprint density at radius 3 is 2.65 bits per heavy atom. The van der Waals surface area contributed by atoms with Gasteiger partial charge in [0.2, 0.25) is 5.91 Å². The molecule has 4 rings (SSSR count). The van der Waals surface area contributed by atoms with Crippen LogP contribution < -0.4 is 10.6 Å². The van der Waals surface area contributed by atoms with Crippen molar-refractivity contribution in [1.82, 2.24) is 25.5 Å². The normalized spacial score (nSPS) is 20.7. The minimum absolute atomic E-state index is 0.117. The number of carbonyl (C=O) groups is 1. The van der Waals surface area contributed by atoms with E-state index in [1.54, 1.807) is 0 Å². The van der Waals surface area contributed by atoms with Crippen LogP contribution in [0.3, 0.4) is 0 Å². The fourth-order valence-corrected chi connectivity index (χ4v) is 3.23. The zero-order valence-corrected chi connectivity index (χ0v) is 15.2. The lowest BCUT2D eigenvalue weighted by molar-refractivity contribution is -0.124. The van der Waals surface area contributed by atoms with Gasteiger partial charge in [0, 0.05) is 60.8 Å². The molecule has 2 N–H and O–H groups in total. The molecule has 2 aromatic rings. The number of nitrogens with zero attached hydrogens (tertiary/aromatic N) is 3. The average Bonchev–Trinajstić information content (AvgIpc) is 3.47. The van der Waals surface area contributed by atoms with Crippen LogP contribution in [-0.4, -0.2) is 52.5 Å². The molecule has 0 spiro atoms. The van der Waals surface area contributed by atoms with Crippen molar-refractivity contribution in [3.63, 3.8) is 0 Å². The SMILES string of the molecule is O=C(NC1CC1)[C@@H]1CN(Cc2cnc(-c3ccc(Cl)cc3)nc2)CCN1. The van der Waals surface area contributed by atoms with Crippen LogP contribution in [0.1, 0.15) is 18.4 Å². The summed E-state index contributed by atoms with van der Waals surface area (Å²) in [6.45, 7) is 3.17. The molecular formula is C19H22ClN5O. The van der Waals surface area contributed by atoms with Crippen molar-refractivity contribution in [1.29, 1.82) is 0 Å². The Morgan fingerprint density at radius 2 is 1.96 bits per heavy atom. The van der Waals surface area contributed by atoms with Crippen molar-refractivity contribution in [3.8, 4) is 11.4 Å². The highest BCUT2D eigenvalue weighted by atomic mass is 35.5. The first-order valence-corrected chi connectivity index (χ1v) is 9.38. The Labute approximate surface area is 158 Å². The summed E-state index contributed by atoms with van der Waals surface area (Å²) in [6.07, 6.45) is 5.94. The molecule has 2 aliphatic rings. The summed E-state index contributed by atoms with van der Waals surface area (Å²) in [6, 6.07) is 7.75. The minimum Gasteiger partial charge on any atom is -0.352 e. The number of amides is 1. The Morgan fingerprint density at radius 1 is 1.23 bits per heavy atom. The molecule has 1 atom stereocenters. The molecule has 0 unspecified atom stereocenters. The number of hydrogen-bond acceptors (Lipinski definition) is 5. The van der Waals surface area contributed by atoms with Crippen molar-refractivity contribution < 1.29 is 4.79 Å². The number of piperazine rings is 1. The highest BCUT2D eigenvalue weighted by Gasteiger charge is 2.30. The van der Waals surface area contributed by atoms with Gasteiger partial charge < -0.3 is 10.6 Å². The van der Waals surface area contributed by atoms with Gasteiger partial charge in [-0.15, -0.1) is 0 Å². The first kappa shape index (κ1) is 17.4. The van der Waals surface area contributed by atoms with Crippen LogP contribution in [0, 0.1) is 0 Å². The van der Waals surface area contributed by atoms with Crippen molar-refractivity contribution in [2.45, 2.75) is 31.5 Å². The third-order valence-corrected chi connectivity index (χ3v) is 4.97. The molecule has 2 heterocycles. The van der Waals surface area contributed by atoms with Crippen LogP contribution in [0.4, 0.5) is 0 Å². The Kier molecular flexibility index (Phi) is 5.15. The van der Waals surface area contributed by atoms with Gasteiger partial charge in [0.1, 0.15) is 0 Å². The van der Waals surface area contributed by atoms with Crippen LogP contribution >= 0.6 is 11.6 Å². The lowest BCUT2D eigenvalue weighted by atomic mass is 10.1. The third-order valence-electron chi connectivity index (χ3n) is 4.71. The lowest BCUT2D eigenvalue weighted by Gasteiger charge is -2.32. The van der Waals surface area contributed by atoms with Crippen molar-refractivity contribution in [2.24, 2.45) is 0 Å². The van der Waals surface area contributed by atoms with E-state index in [1.807, 2.05) is 36.7 Å². The van der Waals surface area contributed by atoms with E-state index in [2.05, 4.69) is 25.5 Å². The van der Waals surface area contributed by atoms with Gasteiger partial charge in [0.05, 0.1) is 6.04 Å². The average molecular weight is 372 g/mol. The van der Waals surface area contributed by atoms with Crippen molar-refractivity contribution in [2.75, 3.05) is 19.6 Å². The van der Waals surface area contributed by atoms with Crippen molar-refractivity contribution in [3.05, 3.63) is 47.2 Å². The number of rotatable bonds is 5. The maximum absolute atomic E-state index is 12.2. The van der Waals surface area contributed by atoms with E-state index in [9.17, 15) is 4.79 Å². The van der Waals surface area contributed by atoms with Gasteiger partial charge in [-0.25, -0.2) is 9.97 Å². The van der Waals surface area contributed by atoms with Crippen LogP contribution in [0.2, 0.25) is 5.02 Å². The van der Waals surface area contributed by atoms with Gasteiger partial charge in [-0.3, -0.25) is 9.69 Å². The van der Waals surface area contributed by atoms with Crippen LogP contribution in [-0.2, 0) is 11.3 Å². The Bertz CT molecular complexity index is 761. The van der Waals surface area contributed by atoms with Gasteiger partial charge in [-0.1, -0.05) is 11.6 Å². The molecule has 1 aromatic heterocycles. The standard InChI is InChI=1S/C19H22ClN5O/c20-15-3-1-14(2-4-15)18-22-9-13(10-23-18)11-25-8-7-21-17(12-25)19(26)24-16-5-6-16/h1-4,9-10,16-17,21H,5-8,11-12H2,(H,24,26)/t17-/m0/s1. The molecule has 1 aliphatic carbocycles. The first-order valence-electron chi connectivity index (χ1n) is 9.00. The number of halogens is 1. The second-order valence-corrected chi connectivity index (χ2v) is 7.38. The molecule has 2 fully saturated rings. The molecule has 0 radical (unpaired) electrons. The van der Waals surface area contributed by atoms with E-state index in [-0.39, 0.29) is 11.9 Å². The quantitative estimate of drug-likeness (QED) is 0.839. The molecular weight excluding hydrogens is 350 g/mol. The van der Waals surface area contributed by atoms with E-state index in [0.717, 1.165) is 43.6 Å². The molecule has 0 bridgehead atoms. The monoisotopic (exact) mass is 371 g/mol. The highest BCUT2D eigenvalue weighted by Crippen LogP contribution is 2.19. The lowest BCUT2D eigenvalue weighted by Crippen LogP contribution is -2.57. The van der Waals surface area contributed by atoms with Crippen LogP contribution in [0.5, 0.6) is 0 Å². The van der Waals surface area contributed by atoms with E-state index in [0.29, 0.717) is 23.4 Å². The molecule has 7 heteroatoms. The maximum atomic E-state index is 12.2. The van der Waals surface area contributed by atoms with Gasteiger partial charge in [0.15, 0.2) is 5.82 Å². The summed E-state index contributed by atoms with van der Waals surface area (Å²) >= 11 is 5.92. The number of carbonyl (C=O) groups excluding carboxylic acids is 1. The maximum Gasteiger partial charge on any atom is 0.238 e. The van der Waals surface area contributed by atoms with E-state index >= 15 is 0 Å².